The van der Waals surface area contributed by atoms with Gasteiger partial charge in [-0.2, -0.15) is 0 Å². The summed E-state index contributed by atoms with van der Waals surface area (Å²) in [6.07, 6.45) is 1.94. The summed E-state index contributed by atoms with van der Waals surface area (Å²) in [7, 11) is 1.63. The summed E-state index contributed by atoms with van der Waals surface area (Å²) in [4.78, 5) is 18.0. The van der Waals surface area contributed by atoms with Crippen LogP contribution in [0.3, 0.4) is 0 Å². The van der Waals surface area contributed by atoms with Gasteiger partial charge in [0.05, 0.1) is 7.11 Å². The van der Waals surface area contributed by atoms with Crippen LogP contribution in [0.2, 0.25) is 5.02 Å². The number of methoxy groups -OCH3 is 1. The third-order valence-corrected chi connectivity index (χ3v) is 5.31. The predicted molar refractivity (Wildman–Crippen MR) is 110 cm³/mol. The predicted octanol–water partition coefficient (Wildman–Crippen LogP) is 5.10. The van der Waals surface area contributed by atoms with Crippen LogP contribution in [0.4, 0.5) is 4.79 Å². The van der Waals surface area contributed by atoms with Crippen LogP contribution in [0.25, 0.3) is 10.9 Å². The van der Waals surface area contributed by atoms with Gasteiger partial charge in [-0.1, -0.05) is 36.4 Å². The van der Waals surface area contributed by atoms with Crippen LogP contribution in [0, 0.1) is 0 Å². The number of carbonyl (C=O) groups excluding carboxylic acids is 1. The molecule has 0 saturated heterocycles. The molecule has 6 heteroatoms. The van der Waals surface area contributed by atoms with Gasteiger partial charge < -0.3 is 14.5 Å². The second-order valence-electron chi connectivity index (χ2n) is 6.69. The number of hydrogen-bond donors (Lipinski definition) is 1. The van der Waals surface area contributed by atoms with E-state index in [2.05, 4.69) is 11.6 Å². The molecule has 1 aliphatic rings. The van der Waals surface area contributed by atoms with Gasteiger partial charge in [0, 0.05) is 28.2 Å². The van der Waals surface area contributed by atoms with Crippen LogP contribution in [-0.2, 0) is 11.2 Å². The molecule has 1 N–H and O–H groups in total. The van der Waals surface area contributed by atoms with E-state index in [1.54, 1.807) is 18.1 Å². The fourth-order valence-electron chi connectivity index (χ4n) is 3.80. The number of halogens is 1. The Hall–Kier alpha value is -2.92. The molecule has 2 aromatic carbocycles. The molecule has 5 nitrogen and oxygen atoms in total. The van der Waals surface area contributed by atoms with E-state index in [0.29, 0.717) is 11.6 Å². The minimum absolute atomic E-state index is 0.180. The molecule has 0 fully saturated rings. The summed E-state index contributed by atoms with van der Waals surface area (Å²) in [6.45, 7) is 4.35. The van der Waals surface area contributed by atoms with Gasteiger partial charge in [-0.25, -0.2) is 4.79 Å². The first-order valence-electron chi connectivity index (χ1n) is 9.10. The summed E-state index contributed by atoms with van der Waals surface area (Å²) in [5.41, 5.74) is 4.17. The van der Waals surface area contributed by atoms with Crippen LogP contribution in [0.5, 0.6) is 5.75 Å². The number of nitrogens with one attached hydrogen (secondary N) is 1. The van der Waals surface area contributed by atoms with Gasteiger partial charge in [-0.15, -0.1) is 0 Å². The Morgan fingerprint density at radius 1 is 1.32 bits per heavy atom. The average molecular weight is 397 g/mol. The highest BCUT2D eigenvalue weighted by Gasteiger charge is 2.35. The Labute approximate surface area is 168 Å². The molecule has 4 rings (SSSR count). The van der Waals surface area contributed by atoms with E-state index in [4.69, 9.17) is 21.1 Å². The summed E-state index contributed by atoms with van der Waals surface area (Å²) < 4.78 is 10.6. The van der Waals surface area contributed by atoms with E-state index in [0.717, 1.165) is 34.3 Å². The Balaban J connectivity index is 1.83. The van der Waals surface area contributed by atoms with Crippen LogP contribution < -0.4 is 4.74 Å². The summed E-state index contributed by atoms with van der Waals surface area (Å²) >= 11 is 6.22. The van der Waals surface area contributed by atoms with Gasteiger partial charge in [0.2, 0.25) is 0 Å². The van der Waals surface area contributed by atoms with Gasteiger partial charge >= 0.3 is 6.09 Å². The zero-order chi connectivity index (χ0) is 19.7. The van der Waals surface area contributed by atoms with Crippen molar-refractivity contribution in [3.63, 3.8) is 0 Å². The second-order valence-corrected chi connectivity index (χ2v) is 7.13. The van der Waals surface area contributed by atoms with Crippen molar-refractivity contribution < 1.29 is 14.3 Å². The maximum Gasteiger partial charge on any atom is 0.410 e. The van der Waals surface area contributed by atoms with Crippen molar-refractivity contribution in [2.24, 2.45) is 0 Å². The zero-order valence-corrected chi connectivity index (χ0v) is 16.3. The molecular formula is C22H21ClN2O3. The van der Waals surface area contributed by atoms with E-state index < -0.39 is 0 Å². The number of rotatable bonds is 4. The molecule has 1 unspecified atom stereocenters. The van der Waals surface area contributed by atoms with Crippen molar-refractivity contribution in [2.45, 2.75) is 12.5 Å². The van der Waals surface area contributed by atoms with Gasteiger partial charge in [0.25, 0.3) is 0 Å². The number of benzene rings is 2. The van der Waals surface area contributed by atoms with E-state index in [1.807, 2.05) is 42.5 Å². The van der Waals surface area contributed by atoms with Gasteiger partial charge in [-0.05, 0) is 47.9 Å². The number of aromatic amines is 1. The molecule has 2 heterocycles. The Morgan fingerprint density at radius 2 is 2.11 bits per heavy atom. The molecule has 0 bridgehead atoms. The molecule has 0 radical (unpaired) electrons. The zero-order valence-electron chi connectivity index (χ0n) is 15.6. The highest BCUT2D eigenvalue weighted by molar-refractivity contribution is 6.31. The van der Waals surface area contributed by atoms with Crippen molar-refractivity contribution in [3.05, 3.63) is 77.0 Å². The lowest BCUT2D eigenvalue weighted by molar-refractivity contribution is 0.0979. The van der Waals surface area contributed by atoms with Crippen LogP contribution in [0.15, 0.2) is 55.1 Å². The lowest BCUT2D eigenvalue weighted by Gasteiger charge is -2.35. The van der Waals surface area contributed by atoms with Gasteiger partial charge in [0.1, 0.15) is 18.4 Å². The largest absolute Gasteiger partial charge is 0.497 e. The first kappa shape index (κ1) is 18.4. The van der Waals surface area contributed by atoms with E-state index >= 15 is 0 Å². The molecular weight excluding hydrogens is 376 g/mol. The van der Waals surface area contributed by atoms with Gasteiger partial charge in [0.15, 0.2) is 0 Å². The number of hydrogen-bond acceptors (Lipinski definition) is 3. The molecule has 3 aromatic rings. The quantitative estimate of drug-likeness (QED) is 0.624. The Morgan fingerprint density at radius 3 is 2.82 bits per heavy atom. The summed E-state index contributed by atoms with van der Waals surface area (Å²) in [5.74, 6) is 0.768. The van der Waals surface area contributed by atoms with Crippen molar-refractivity contribution in [1.82, 2.24) is 9.88 Å². The maximum atomic E-state index is 12.7. The smallest absolute Gasteiger partial charge is 0.410 e. The third-order valence-electron chi connectivity index (χ3n) is 5.08. The SMILES string of the molecule is C=CCOC(=O)N1CCc2c([nH]c3ccc(Cl)cc23)C1c1ccc(OC)cc1. The first-order valence-corrected chi connectivity index (χ1v) is 9.48. The minimum Gasteiger partial charge on any atom is -0.497 e. The van der Waals surface area contributed by atoms with E-state index in [9.17, 15) is 4.79 Å². The molecule has 0 aliphatic carbocycles. The molecule has 28 heavy (non-hydrogen) atoms. The van der Waals surface area contributed by atoms with Crippen molar-refractivity contribution in [3.8, 4) is 5.75 Å². The topological polar surface area (TPSA) is 54.6 Å². The first-order chi connectivity index (χ1) is 13.6. The lowest BCUT2D eigenvalue weighted by atomic mass is 9.92. The molecule has 1 aromatic heterocycles. The Bertz CT molecular complexity index is 1030. The second kappa shape index (κ2) is 7.60. The molecule has 144 valence electrons. The maximum absolute atomic E-state index is 12.7. The fraction of sp³-hybridized carbons (Fsp3) is 0.227. The number of amides is 1. The van der Waals surface area contributed by atoms with Crippen molar-refractivity contribution in [1.29, 1.82) is 0 Å². The van der Waals surface area contributed by atoms with Gasteiger partial charge in [-0.3, -0.25) is 4.90 Å². The number of ether oxygens (including phenoxy) is 2. The molecule has 0 spiro atoms. The van der Waals surface area contributed by atoms with Crippen molar-refractivity contribution in [2.75, 3.05) is 20.3 Å². The average Bonchev–Trinajstić information content (AvgIpc) is 3.09. The highest BCUT2D eigenvalue weighted by Crippen LogP contribution is 2.39. The molecule has 1 aliphatic heterocycles. The minimum atomic E-state index is -0.358. The Kier molecular flexibility index (Phi) is 5.01. The van der Waals surface area contributed by atoms with E-state index in [-0.39, 0.29) is 18.7 Å². The van der Waals surface area contributed by atoms with Crippen LogP contribution in [0.1, 0.15) is 22.9 Å². The number of H-pyrrole nitrogens is 1. The van der Waals surface area contributed by atoms with Crippen LogP contribution in [-0.4, -0.2) is 36.2 Å². The van der Waals surface area contributed by atoms with Crippen LogP contribution >= 0.6 is 11.6 Å². The number of fused-ring (bicyclic) bond motifs is 3. The van der Waals surface area contributed by atoms with E-state index in [1.165, 1.54) is 5.56 Å². The molecule has 1 amide bonds. The fourth-order valence-corrected chi connectivity index (χ4v) is 3.98. The standard InChI is InChI=1S/C22H21ClN2O3/c1-3-12-28-22(26)25-11-10-17-18-13-15(23)6-9-19(18)24-20(17)21(25)14-4-7-16(27-2)8-5-14/h3-9,13,21,24H,1,10-12H2,2H3. The molecule has 1 atom stereocenters. The number of nitrogens with zero attached hydrogens (tertiary/aromatic N) is 1. The monoisotopic (exact) mass is 396 g/mol. The molecule has 0 saturated carbocycles. The third kappa shape index (κ3) is 3.22. The number of carbonyl (C=O) groups is 1. The highest BCUT2D eigenvalue weighted by atomic mass is 35.5. The summed E-state index contributed by atoms with van der Waals surface area (Å²) in [6, 6.07) is 13.3. The van der Waals surface area contributed by atoms with Crippen molar-refractivity contribution >= 4 is 28.6 Å². The number of aromatic nitrogens is 1. The lowest BCUT2D eigenvalue weighted by Crippen LogP contribution is -2.41. The summed E-state index contributed by atoms with van der Waals surface area (Å²) in [5, 5.41) is 1.79. The normalized spacial score (nSPS) is 15.9.